The molecule has 2 aromatic rings. The smallest absolute Gasteiger partial charge is 0.139 e. The standard InChI is InChI=1S/C17H21N3O/c1-11-8-15-16(9-11)18-12(2)19-17(15)20(3)13-6-5-7-14(10-13)21-4/h5-7,10-11H,8-9H2,1-4H3/t11-/m1/s1. The molecule has 3 rings (SSSR count). The van der Waals surface area contributed by atoms with Crippen molar-refractivity contribution in [1.82, 2.24) is 9.97 Å². The molecule has 0 saturated heterocycles. The second kappa shape index (κ2) is 5.35. The predicted molar refractivity (Wildman–Crippen MR) is 84.4 cm³/mol. The fourth-order valence-electron chi connectivity index (χ4n) is 2.99. The van der Waals surface area contributed by atoms with Crippen LogP contribution >= 0.6 is 0 Å². The number of hydrogen-bond acceptors (Lipinski definition) is 4. The van der Waals surface area contributed by atoms with Gasteiger partial charge < -0.3 is 9.64 Å². The summed E-state index contributed by atoms with van der Waals surface area (Å²) >= 11 is 0. The number of methoxy groups -OCH3 is 1. The number of nitrogens with zero attached hydrogens (tertiary/aromatic N) is 3. The number of ether oxygens (including phenoxy) is 1. The van der Waals surface area contributed by atoms with Crippen LogP contribution in [0.2, 0.25) is 0 Å². The number of aromatic nitrogens is 2. The van der Waals surface area contributed by atoms with Crippen molar-refractivity contribution in [2.24, 2.45) is 5.92 Å². The van der Waals surface area contributed by atoms with E-state index < -0.39 is 0 Å². The number of aryl methyl sites for hydroxylation is 1. The molecule has 21 heavy (non-hydrogen) atoms. The maximum Gasteiger partial charge on any atom is 0.139 e. The Labute approximate surface area is 125 Å². The summed E-state index contributed by atoms with van der Waals surface area (Å²) in [6, 6.07) is 8.06. The Kier molecular flexibility index (Phi) is 3.53. The van der Waals surface area contributed by atoms with Crippen LogP contribution in [0, 0.1) is 12.8 Å². The van der Waals surface area contributed by atoms with Crippen LogP contribution in [0.4, 0.5) is 11.5 Å². The lowest BCUT2D eigenvalue weighted by atomic mass is 10.1. The molecule has 0 N–H and O–H groups in total. The molecule has 1 aliphatic carbocycles. The Morgan fingerprint density at radius 2 is 2.05 bits per heavy atom. The number of rotatable bonds is 3. The average molecular weight is 283 g/mol. The highest BCUT2D eigenvalue weighted by molar-refractivity contribution is 5.65. The summed E-state index contributed by atoms with van der Waals surface area (Å²) in [4.78, 5) is 11.4. The third kappa shape index (κ3) is 2.58. The number of benzene rings is 1. The second-order valence-corrected chi connectivity index (χ2v) is 5.79. The van der Waals surface area contributed by atoms with E-state index in [0.717, 1.165) is 35.9 Å². The first-order valence-corrected chi connectivity index (χ1v) is 7.32. The number of anilines is 2. The molecule has 1 heterocycles. The predicted octanol–water partition coefficient (Wildman–Crippen LogP) is 3.30. The van der Waals surface area contributed by atoms with Crippen molar-refractivity contribution in [3.8, 4) is 5.75 Å². The third-order valence-electron chi connectivity index (χ3n) is 4.04. The van der Waals surface area contributed by atoms with E-state index in [1.807, 2.05) is 25.1 Å². The molecule has 1 aromatic heterocycles. The van der Waals surface area contributed by atoms with E-state index in [-0.39, 0.29) is 0 Å². The molecule has 0 fully saturated rings. The molecule has 4 nitrogen and oxygen atoms in total. The van der Waals surface area contributed by atoms with E-state index in [2.05, 4.69) is 34.9 Å². The molecular formula is C17H21N3O. The largest absolute Gasteiger partial charge is 0.497 e. The van der Waals surface area contributed by atoms with Crippen molar-refractivity contribution in [3.05, 3.63) is 41.3 Å². The number of hydrogen-bond donors (Lipinski definition) is 0. The molecule has 1 aromatic carbocycles. The van der Waals surface area contributed by atoms with Crippen molar-refractivity contribution in [2.75, 3.05) is 19.1 Å². The van der Waals surface area contributed by atoms with E-state index >= 15 is 0 Å². The van der Waals surface area contributed by atoms with Crippen LogP contribution < -0.4 is 9.64 Å². The molecule has 0 amide bonds. The molecule has 0 radical (unpaired) electrons. The van der Waals surface area contributed by atoms with Crippen LogP contribution in [0.3, 0.4) is 0 Å². The van der Waals surface area contributed by atoms with Gasteiger partial charge in [0.05, 0.1) is 7.11 Å². The topological polar surface area (TPSA) is 38.2 Å². The molecular weight excluding hydrogens is 262 g/mol. The van der Waals surface area contributed by atoms with Crippen molar-refractivity contribution in [1.29, 1.82) is 0 Å². The van der Waals surface area contributed by atoms with E-state index in [0.29, 0.717) is 5.92 Å². The Hall–Kier alpha value is -2.10. The van der Waals surface area contributed by atoms with Crippen LogP contribution in [0.5, 0.6) is 5.75 Å². The Morgan fingerprint density at radius 3 is 2.81 bits per heavy atom. The van der Waals surface area contributed by atoms with Gasteiger partial charge in [0.25, 0.3) is 0 Å². The summed E-state index contributed by atoms with van der Waals surface area (Å²) in [6.07, 6.45) is 2.11. The summed E-state index contributed by atoms with van der Waals surface area (Å²) in [6.45, 7) is 4.23. The highest BCUT2D eigenvalue weighted by Gasteiger charge is 2.25. The third-order valence-corrected chi connectivity index (χ3v) is 4.04. The van der Waals surface area contributed by atoms with Gasteiger partial charge >= 0.3 is 0 Å². The van der Waals surface area contributed by atoms with Crippen molar-refractivity contribution in [3.63, 3.8) is 0 Å². The fourth-order valence-corrected chi connectivity index (χ4v) is 2.99. The number of fused-ring (bicyclic) bond motifs is 1. The van der Waals surface area contributed by atoms with Crippen molar-refractivity contribution in [2.45, 2.75) is 26.7 Å². The van der Waals surface area contributed by atoms with Gasteiger partial charge in [0.15, 0.2) is 0 Å². The van der Waals surface area contributed by atoms with Crippen LogP contribution in [0.15, 0.2) is 24.3 Å². The Balaban J connectivity index is 2.04. The molecule has 1 atom stereocenters. The molecule has 1 aliphatic rings. The zero-order valence-corrected chi connectivity index (χ0v) is 13.1. The minimum Gasteiger partial charge on any atom is -0.497 e. The lowest BCUT2D eigenvalue weighted by Gasteiger charge is -2.22. The van der Waals surface area contributed by atoms with Crippen molar-refractivity contribution < 1.29 is 4.74 Å². The molecule has 110 valence electrons. The molecule has 4 heteroatoms. The van der Waals surface area contributed by atoms with Gasteiger partial charge in [-0.15, -0.1) is 0 Å². The lowest BCUT2D eigenvalue weighted by molar-refractivity contribution is 0.415. The Morgan fingerprint density at radius 1 is 1.24 bits per heavy atom. The van der Waals surface area contributed by atoms with Gasteiger partial charge in [-0.2, -0.15) is 0 Å². The van der Waals surface area contributed by atoms with Gasteiger partial charge in [-0.1, -0.05) is 13.0 Å². The summed E-state index contributed by atoms with van der Waals surface area (Å²) in [5, 5.41) is 0. The molecule has 0 unspecified atom stereocenters. The van der Waals surface area contributed by atoms with E-state index in [4.69, 9.17) is 4.74 Å². The highest BCUT2D eigenvalue weighted by atomic mass is 16.5. The van der Waals surface area contributed by atoms with Crippen LogP contribution in [-0.4, -0.2) is 24.1 Å². The van der Waals surface area contributed by atoms with E-state index in [1.165, 1.54) is 11.3 Å². The van der Waals surface area contributed by atoms with Crippen LogP contribution in [0.1, 0.15) is 24.0 Å². The zero-order chi connectivity index (χ0) is 15.0. The molecule has 0 saturated carbocycles. The summed E-state index contributed by atoms with van der Waals surface area (Å²) in [5.41, 5.74) is 3.58. The molecule has 0 aliphatic heterocycles. The fraction of sp³-hybridized carbons (Fsp3) is 0.412. The summed E-state index contributed by atoms with van der Waals surface area (Å²) < 4.78 is 5.31. The summed E-state index contributed by atoms with van der Waals surface area (Å²) in [7, 11) is 3.74. The van der Waals surface area contributed by atoms with Gasteiger partial charge in [0.2, 0.25) is 0 Å². The van der Waals surface area contributed by atoms with E-state index in [9.17, 15) is 0 Å². The lowest BCUT2D eigenvalue weighted by Crippen LogP contribution is -2.15. The quantitative estimate of drug-likeness (QED) is 0.866. The monoisotopic (exact) mass is 283 g/mol. The summed E-state index contributed by atoms with van der Waals surface area (Å²) in [5.74, 6) is 3.37. The molecule has 0 spiro atoms. The SMILES string of the molecule is COc1cccc(N(C)c2nc(C)nc3c2C[C@@H](C)C3)c1. The van der Waals surface area contributed by atoms with Gasteiger partial charge in [-0.05, 0) is 37.8 Å². The van der Waals surface area contributed by atoms with E-state index in [1.54, 1.807) is 7.11 Å². The average Bonchev–Trinajstić information content (AvgIpc) is 2.85. The van der Waals surface area contributed by atoms with Gasteiger partial charge in [0.1, 0.15) is 17.4 Å². The van der Waals surface area contributed by atoms with Crippen LogP contribution in [0.25, 0.3) is 0 Å². The van der Waals surface area contributed by atoms with Crippen molar-refractivity contribution >= 4 is 11.5 Å². The highest BCUT2D eigenvalue weighted by Crippen LogP contribution is 2.35. The van der Waals surface area contributed by atoms with Gasteiger partial charge in [0, 0.05) is 30.1 Å². The zero-order valence-electron chi connectivity index (χ0n) is 13.1. The minimum atomic E-state index is 0.647. The maximum absolute atomic E-state index is 5.31. The Bertz CT molecular complexity index is 669. The minimum absolute atomic E-state index is 0.647. The first kappa shape index (κ1) is 13.9. The first-order valence-electron chi connectivity index (χ1n) is 7.32. The second-order valence-electron chi connectivity index (χ2n) is 5.79. The van der Waals surface area contributed by atoms with Gasteiger partial charge in [-0.3, -0.25) is 0 Å². The first-order chi connectivity index (χ1) is 10.1. The normalized spacial score (nSPS) is 16.7. The molecule has 0 bridgehead atoms. The van der Waals surface area contributed by atoms with Crippen LogP contribution in [-0.2, 0) is 12.8 Å². The maximum atomic E-state index is 5.31. The van der Waals surface area contributed by atoms with Gasteiger partial charge in [-0.25, -0.2) is 9.97 Å².